The third-order valence-corrected chi connectivity index (χ3v) is 4.41. The average molecular weight is 398 g/mol. The molecule has 0 bridgehead atoms. The third kappa shape index (κ3) is 4.04. The maximum Gasteiger partial charge on any atom is 0.253 e. The maximum atomic E-state index is 12.6. The third-order valence-electron chi connectivity index (χ3n) is 4.41. The second kappa shape index (κ2) is 8.27. The Hall–Kier alpha value is -3.46. The highest BCUT2D eigenvalue weighted by molar-refractivity contribution is 6.06. The van der Waals surface area contributed by atoms with Gasteiger partial charge in [0, 0.05) is 19.2 Å². The Bertz CT molecular complexity index is 1250. The molecule has 9 heteroatoms. The number of nitrogens with one attached hydrogen (secondary N) is 3. The molecule has 0 spiro atoms. The van der Waals surface area contributed by atoms with Gasteiger partial charge in [-0.05, 0) is 24.6 Å². The molecule has 2 aromatic carbocycles. The number of aromatic nitrogens is 2. The van der Waals surface area contributed by atoms with Crippen molar-refractivity contribution in [1.29, 1.82) is 0 Å². The van der Waals surface area contributed by atoms with Gasteiger partial charge in [0.15, 0.2) is 0 Å². The van der Waals surface area contributed by atoms with Crippen LogP contribution in [0.3, 0.4) is 0 Å². The number of nitrogens with zero attached hydrogens (tertiary/aromatic N) is 1. The SMILES string of the molecule is CC(C)CNCCNC(=O)c1ccc(=O)c2nc3/c(=C\O)c(O)cc(=O)c3[nH]c12. The molecule has 0 saturated heterocycles. The largest absolute Gasteiger partial charge is 0.515 e. The second-order valence-electron chi connectivity index (χ2n) is 7.09. The summed E-state index contributed by atoms with van der Waals surface area (Å²) < 4.78 is 0. The smallest absolute Gasteiger partial charge is 0.253 e. The number of phenols is 1. The van der Waals surface area contributed by atoms with E-state index >= 15 is 0 Å². The summed E-state index contributed by atoms with van der Waals surface area (Å²) in [5, 5.41) is 25.1. The number of amides is 1. The molecule has 152 valence electrons. The minimum Gasteiger partial charge on any atom is -0.515 e. The van der Waals surface area contributed by atoms with E-state index in [4.69, 9.17) is 0 Å². The summed E-state index contributed by atoms with van der Waals surface area (Å²) in [7, 11) is 0. The number of aromatic hydroxyl groups is 1. The highest BCUT2D eigenvalue weighted by Gasteiger charge is 2.16. The summed E-state index contributed by atoms with van der Waals surface area (Å²) in [5.74, 6) is -0.380. The summed E-state index contributed by atoms with van der Waals surface area (Å²) >= 11 is 0. The van der Waals surface area contributed by atoms with Crippen LogP contribution in [0.5, 0.6) is 5.75 Å². The summed E-state index contributed by atoms with van der Waals surface area (Å²) in [6.07, 6.45) is 0.606. The minimum absolute atomic E-state index is 0.0335. The van der Waals surface area contributed by atoms with E-state index in [0.29, 0.717) is 25.3 Å². The van der Waals surface area contributed by atoms with Crippen LogP contribution in [-0.4, -0.2) is 45.7 Å². The number of aliphatic hydroxyl groups excluding tert-OH is 1. The number of rotatable bonds is 6. The Morgan fingerprint density at radius 3 is 2.62 bits per heavy atom. The molecule has 5 N–H and O–H groups in total. The zero-order chi connectivity index (χ0) is 21.1. The number of phenolic OH excluding ortho intramolecular Hbond substituents is 1. The predicted molar refractivity (Wildman–Crippen MR) is 110 cm³/mol. The molecule has 1 heterocycles. The van der Waals surface area contributed by atoms with E-state index in [2.05, 4.69) is 34.4 Å². The molecule has 0 aliphatic heterocycles. The molecule has 3 aromatic rings. The zero-order valence-electron chi connectivity index (χ0n) is 16.1. The van der Waals surface area contributed by atoms with Gasteiger partial charge >= 0.3 is 0 Å². The van der Waals surface area contributed by atoms with Crippen LogP contribution in [0.1, 0.15) is 24.2 Å². The van der Waals surface area contributed by atoms with Gasteiger partial charge in [0.1, 0.15) is 22.3 Å². The van der Waals surface area contributed by atoms with Crippen LogP contribution in [0.2, 0.25) is 0 Å². The first kappa shape index (κ1) is 20.3. The maximum absolute atomic E-state index is 12.6. The van der Waals surface area contributed by atoms with E-state index in [1.807, 2.05) is 0 Å². The lowest BCUT2D eigenvalue weighted by atomic mass is 10.1. The summed E-state index contributed by atoms with van der Waals surface area (Å²) in [6.45, 7) is 5.97. The molecular weight excluding hydrogens is 376 g/mol. The van der Waals surface area contributed by atoms with E-state index in [-0.39, 0.29) is 32.8 Å². The Balaban J connectivity index is 2.05. The molecular formula is C20H22N4O5. The molecule has 0 atom stereocenters. The van der Waals surface area contributed by atoms with Crippen LogP contribution in [0.4, 0.5) is 0 Å². The van der Waals surface area contributed by atoms with Gasteiger partial charge in [-0.15, -0.1) is 0 Å². The fourth-order valence-electron chi connectivity index (χ4n) is 3.00. The second-order valence-corrected chi connectivity index (χ2v) is 7.09. The molecule has 0 unspecified atom stereocenters. The molecule has 3 rings (SSSR count). The van der Waals surface area contributed by atoms with E-state index < -0.39 is 22.5 Å². The standard InChI is InChI=1S/C20H22N4O5/c1-10(2)8-21-5-6-22-20(29)11-3-4-13(26)18-16(11)23-19-15(28)7-14(27)12(9-25)17(19)24-18/h3-4,7,9-10,21,23,25,27H,5-6,8H2,1-2H3,(H,22,29)/b12-9-. The van der Waals surface area contributed by atoms with Gasteiger partial charge in [0.25, 0.3) is 5.91 Å². The van der Waals surface area contributed by atoms with Crippen molar-refractivity contribution in [3.05, 3.63) is 49.4 Å². The lowest BCUT2D eigenvalue weighted by Gasteiger charge is -2.10. The number of hydrogen-bond donors (Lipinski definition) is 5. The first-order chi connectivity index (χ1) is 13.8. The summed E-state index contributed by atoms with van der Waals surface area (Å²) in [4.78, 5) is 44.1. The number of aliphatic hydroxyl groups is 1. The van der Waals surface area contributed by atoms with E-state index in [9.17, 15) is 24.6 Å². The van der Waals surface area contributed by atoms with Crippen molar-refractivity contribution in [2.75, 3.05) is 19.6 Å². The zero-order valence-corrected chi connectivity index (χ0v) is 16.1. The molecule has 29 heavy (non-hydrogen) atoms. The molecule has 0 aliphatic carbocycles. The Morgan fingerprint density at radius 2 is 1.93 bits per heavy atom. The number of carbonyl (C=O) groups is 1. The van der Waals surface area contributed by atoms with Crippen molar-refractivity contribution >= 4 is 34.2 Å². The van der Waals surface area contributed by atoms with Crippen LogP contribution >= 0.6 is 0 Å². The van der Waals surface area contributed by atoms with Crippen LogP contribution in [0.25, 0.3) is 28.3 Å². The van der Waals surface area contributed by atoms with Crippen molar-refractivity contribution in [3.63, 3.8) is 0 Å². The van der Waals surface area contributed by atoms with Gasteiger partial charge in [-0.3, -0.25) is 14.4 Å². The average Bonchev–Trinajstić information content (AvgIpc) is 2.67. The molecule has 1 amide bonds. The molecule has 0 fully saturated rings. The topological polar surface area (TPSA) is 144 Å². The number of carbonyl (C=O) groups excluding carboxylic acids is 1. The first-order valence-electron chi connectivity index (χ1n) is 9.19. The summed E-state index contributed by atoms with van der Waals surface area (Å²) in [5.41, 5.74) is -0.933. The number of benzene rings is 2. The summed E-state index contributed by atoms with van der Waals surface area (Å²) in [6, 6.07) is 3.51. The van der Waals surface area contributed by atoms with Crippen molar-refractivity contribution in [3.8, 4) is 5.75 Å². The Labute approximate surface area is 165 Å². The van der Waals surface area contributed by atoms with Crippen LogP contribution in [0.15, 0.2) is 27.8 Å². The molecule has 0 aliphatic rings. The normalized spacial score (nSPS) is 12.2. The van der Waals surface area contributed by atoms with Gasteiger partial charge in [0.05, 0.1) is 22.6 Å². The predicted octanol–water partition coefficient (Wildman–Crippen LogP) is 0.132. The fourth-order valence-corrected chi connectivity index (χ4v) is 3.00. The number of aromatic amines is 1. The van der Waals surface area contributed by atoms with Gasteiger partial charge in [0.2, 0.25) is 10.9 Å². The van der Waals surface area contributed by atoms with Crippen molar-refractivity contribution in [2.45, 2.75) is 13.8 Å². The lowest BCUT2D eigenvalue weighted by Crippen LogP contribution is -2.33. The van der Waals surface area contributed by atoms with Crippen LogP contribution in [0, 0.1) is 5.92 Å². The van der Waals surface area contributed by atoms with Crippen molar-refractivity contribution in [1.82, 2.24) is 20.6 Å². The van der Waals surface area contributed by atoms with Gasteiger partial charge in [-0.1, -0.05) is 13.8 Å². The van der Waals surface area contributed by atoms with E-state index in [1.54, 1.807) is 0 Å². The quantitative estimate of drug-likeness (QED) is 0.293. The first-order valence-corrected chi connectivity index (χ1v) is 9.19. The molecule has 0 radical (unpaired) electrons. The lowest BCUT2D eigenvalue weighted by molar-refractivity contribution is 0.0955. The number of H-pyrrole nitrogens is 1. The van der Waals surface area contributed by atoms with Gasteiger partial charge in [-0.25, -0.2) is 4.98 Å². The van der Waals surface area contributed by atoms with Crippen LogP contribution in [-0.2, 0) is 0 Å². The highest BCUT2D eigenvalue weighted by Crippen LogP contribution is 2.15. The van der Waals surface area contributed by atoms with Gasteiger partial charge < -0.3 is 25.8 Å². The Kier molecular flexibility index (Phi) is 5.79. The van der Waals surface area contributed by atoms with Crippen LogP contribution < -0.4 is 26.7 Å². The number of fused-ring (bicyclic) bond motifs is 2. The van der Waals surface area contributed by atoms with Crippen molar-refractivity contribution < 1.29 is 15.0 Å². The van der Waals surface area contributed by atoms with Crippen molar-refractivity contribution in [2.24, 2.45) is 5.92 Å². The number of hydrogen-bond acceptors (Lipinski definition) is 7. The van der Waals surface area contributed by atoms with E-state index in [1.165, 1.54) is 12.1 Å². The minimum atomic E-state index is -0.585. The molecule has 9 nitrogen and oxygen atoms in total. The Morgan fingerprint density at radius 1 is 1.17 bits per heavy atom. The van der Waals surface area contributed by atoms with E-state index in [0.717, 1.165) is 12.6 Å². The van der Waals surface area contributed by atoms with Gasteiger partial charge in [-0.2, -0.15) is 0 Å². The molecule has 0 saturated carbocycles. The highest BCUT2D eigenvalue weighted by atomic mass is 16.3. The monoisotopic (exact) mass is 398 g/mol. The fraction of sp³-hybridized carbons (Fsp3) is 0.300. The molecule has 1 aromatic heterocycles.